The van der Waals surface area contributed by atoms with Gasteiger partial charge in [0.15, 0.2) is 5.75 Å². The average molecular weight is 455 g/mol. The molecule has 0 radical (unpaired) electrons. The molecule has 2 aromatic rings. The first-order valence-corrected chi connectivity index (χ1v) is 9.66. The third kappa shape index (κ3) is 5.18. The lowest BCUT2D eigenvalue weighted by molar-refractivity contribution is -0.143. The van der Waals surface area contributed by atoms with Gasteiger partial charge in [-0.05, 0) is 51.8 Å². The third-order valence-corrected chi connectivity index (χ3v) is 5.18. The number of ether oxygens (including phenoxy) is 2. The summed E-state index contributed by atoms with van der Waals surface area (Å²) in [4.78, 5) is 23.4. The molecule has 0 amide bonds. The Kier molecular flexibility index (Phi) is 6.75. The van der Waals surface area contributed by atoms with Crippen LogP contribution in [-0.4, -0.2) is 34.6 Å². The van der Waals surface area contributed by atoms with Crippen LogP contribution in [-0.2, 0) is 29.2 Å². The van der Waals surface area contributed by atoms with Gasteiger partial charge in [-0.25, -0.2) is 9.59 Å². The molecule has 2 rings (SSSR count). The summed E-state index contributed by atoms with van der Waals surface area (Å²) in [7, 11) is -1.72. The van der Waals surface area contributed by atoms with Crippen LogP contribution in [0.1, 0.15) is 5.56 Å². The maximum absolute atomic E-state index is 12.3. The lowest BCUT2D eigenvalue weighted by atomic mass is 10.1. The van der Waals surface area contributed by atoms with Crippen molar-refractivity contribution in [2.45, 2.75) is 4.90 Å². The van der Waals surface area contributed by atoms with Crippen molar-refractivity contribution in [1.29, 1.82) is 0 Å². The zero-order valence-corrected chi connectivity index (χ0v) is 16.7. The number of benzene rings is 2. The van der Waals surface area contributed by atoms with E-state index in [1.54, 1.807) is 18.2 Å². The predicted octanol–water partition coefficient (Wildman–Crippen LogP) is 2.95. The molecule has 0 saturated carbocycles. The standard InChI is InChI=1S/C18H15BrO7S/c1-24-17(20)14(18(21)25-2)10-12-8-9-16(15(19)11-12)26-27(22,23)13-6-4-3-5-7-13/h3-11H,1-2H3. The number of esters is 2. The van der Waals surface area contributed by atoms with Gasteiger partial charge in [0.1, 0.15) is 10.5 Å². The molecule has 0 unspecified atom stereocenters. The van der Waals surface area contributed by atoms with Crippen LogP contribution in [0.2, 0.25) is 0 Å². The Hall–Kier alpha value is -2.65. The van der Waals surface area contributed by atoms with Crippen molar-refractivity contribution in [3.8, 4) is 5.75 Å². The summed E-state index contributed by atoms with van der Waals surface area (Å²) in [5.74, 6) is -1.66. The molecule has 0 aliphatic carbocycles. The number of carbonyl (C=O) groups excluding carboxylic acids is 2. The molecule has 7 nitrogen and oxygen atoms in total. The molecule has 0 N–H and O–H groups in total. The highest BCUT2D eigenvalue weighted by Crippen LogP contribution is 2.29. The Balaban J connectivity index is 2.34. The first kappa shape index (κ1) is 20.7. The summed E-state index contributed by atoms with van der Waals surface area (Å²) in [5.41, 5.74) is 0.120. The molecule has 0 spiro atoms. The van der Waals surface area contributed by atoms with Gasteiger partial charge in [-0.2, -0.15) is 8.42 Å². The number of hydrogen-bond donors (Lipinski definition) is 0. The first-order valence-electron chi connectivity index (χ1n) is 7.46. The molecule has 9 heteroatoms. The minimum Gasteiger partial charge on any atom is -0.465 e. The van der Waals surface area contributed by atoms with Crippen molar-refractivity contribution >= 4 is 44.1 Å². The molecule has 0 saturated heterocycles. The normalized spacial score (nSPS) is 10.6. The average Bonchev–Trinajstić information content (AvgIpc) is 2.67. The molecule has 0 aliphatic rings. The van der Waals surface area contributed by atoms with E-state index in [9.17, 15) is 18.0 Å². The topological polar surface area (TPSA) is 96.0 Å². The lowest BCUT2D eigenvalue weighted by Crippen LogP contribution is -2.15. The van der Waals surface area contributed by atoms with Crippen LogP contribution < -0.4 is 4.18 Å². The maximum Gasteiger partial charge on any atom is 0.345 e. The smallest absolute Gasteiger partial charge is 0.345 e. The fourth-order valence-corrected chi connectivity index (χ4v) is 3.57. The molecular formula is C18H15BrO7S. The molecule has 2 aromatic carbocycles. The first-order chi connectivity index (χ1) is 12.8. The number of carbonyl (C=O) groups is 2. The Labute approximate surface area is 164 Å². The second kappa shape index (κ2) is 8.83. The minimum absolute atomic E-state index is 0.0135. The zero-order valence-electron chi connectivity index (χ0n) is 14.3. The van der Waals surface area contributed by atoms with E-state index in [-0.39, 0.29) is 16.2 Å². The van der Waals surface area contributed by atoms with E-state index < -0.39 is 22.1 Å². The molecule has 0 atom stereocenters. The fraction of sp³-hybridized carbons (Fsp3) is 0.111. The van der Waals surface area contributed by atoms with Gasteiger partial charge in [-0.1, -0.05) is 24.3 Å². The molecular weight excluding hydrogens is 440 g/mol. The van der Waals surface area contributed by atoms with Crippen LogP contribution in [0.3, 0.4) is 0 Å². The Bertz CT molecular complexity index is 964. The lowest BCUT2D eigenvalue weighted by Gasteiger charge is -2.09. The van der Waals surface area contributed by atoms with Gasteiger partial charge < -0.3 is 13.7 Å². The molecule has 0 bridgehead atoms. The van der Waals surface area contributed by atoms with Gasteiger partial charge in [0, 0.05) is 0 Å². The van der Waals surface area contributed by atoms with Crippen molar-refractivity contribution in [2.75, 3.05) is 14.2 Å². The number of methoxy groups -OCH3 is 2. The van der Waals surface area contributed by atoms with Gasteiger partial charge in [0.25, 0.3) is 0 Å². The van der Waals surface area contributed by atoms with E-state index in [4.69, 9.17) is 4.18 Å². The van der Waals surface area contributed by atoms with Gasteiger partial charge in [-0.15, -0.1) is 0 Å². The summed E-state index contributed by atoms with van der Waals surface area (Å²) in [5, 5.41) is 0. The van der Waals surface area contributed by atoms with E-state index in [0.29, 0.717) is 10.0 Å². The van der Waals surface area contributed by atoms with Gasteiger partial charge in [-0.3, -0.25) is 0 Å². The van der Waals surface area contributed by atoms with Gasteiger partial charge in [0.05, 0.1) is 18.7 Å². The Morgan fingerprint density at radius 1 is 0.963 bits per heavy atom. The van der Waals surface area contributed by atoms with Crippen molar-refractivity contribution < 1.29 is 31.7 Å². The molecule has 0 aromatic heterocycles. The van der Waals surface area contributed by atoms with E-state index in [1.807, 2.05) is 0 Å². The summed E-state index contributed by atoms with van der Waals surface area (Å²) < 4.78 is 39.1. The summed E-state index contributed by atoms with van der Waals surface area (Å²) >= 11 is 3.22. The minimum atomic E-state index is -4.00. The Morgan fingerprint density at radius 2 is 1.56 bits per heavy atom. The second-order valence-electron chi connectivity index (χ2n) is 5.08. The number of rotatable bonds is 6. The van der Waals surface area contributed by atoms with E-state index in [1.165, 1.54) is 36.4 Å². The van der Waals surface area contributed by atoms with Crippen LogP contribution in [0.15, 0.2) is 63.5 Å². The SMILES string of the molecule is COC(=O)C(=Cc1ccc(OS(=O)(=O)c2ccccc2)c(Br)c1)C(=O)OC. The fourth-order valence-electron chi connectivity index (χ4n) is 2.02. The highest BCUT2D eigenvalue weighted by Gasteiger charge is 2.21. The van der Waals surface area contributed by atoms with E-state index in [2.05, 4.69) is 25.4 Å². The highest BCUT2D eigenvalue weighted by atomic mass is 79.9. The number of halogens is 1. The van der Waals surface area contributed by atoms with Crippen LogP contribution in [0, 0.1) is 0 Å². The largest absolute Gasteiger partial charge is 0.465 e. The number of hydrogen-bond acceptors (Lipinski definition) is 7. The third-order valence-electron chi connectivity index (χ3n) is 3.31. The Morgan fingerprint density at radius 3 is 2.07 bits per heavy atom. The predicted molar refractivity (Wildman–Crippen MR) is 100 cm³/mol. The van der Waals surface area contributed by atoms with Gasteiger partial charge >= 0.3 is 22.1 Å². The molecule has 27 heavy (non-hydrogen) atoms. The second-order valence-corrected chi connectivity index (χ2v) is 7.48. The molecule has 0 fully saturated rings. The summed E-state index contributed by atoms with van der Waals surface area (Å²) in [6.45, 7) is 0. The highest BCUT2D eigenvalue weighted by molar-refractivity contribution is 9.10. The van der Waals surface area contributed by atoms with Crippen molar-refractivity contribution in [1.82, 2.24) is 0 Å². The summed E-state index contributed by atoms with van der Waals surface area (Å²) in [6, 6.07) is 12.0. The molecule has 142 valence electrons. The summed E-state index contributed by atoms with van der Waals surface area (Å²) in [6.07, 6.45) is 1.26. The van der Waals surface area contributed by atoms with Crippen molar-refractivity contribution in [3.05, 3.63) is 64.1 Å². The van der Waals surface area contributed by atoms with E-state index in [0.717, 1.165) is 14.2 Å². The van der Waals surface area contributed by atoms with Crippen LogP contribution in [0.25, 0.3) is 6.08 Å². The maximum atomic E-state index is 12.3. The molecule has 0 heterocycles. The van der Waals surface area contributed by atoms with Gasteiger partial charge in [0.2, 0.25) is 0 Å². The monoisotopic (exact) mass is 454 g/mol. The van der Waals surface area contributed by atoms with Crippen LogP contribution >= 0.6 is 15.9 Å². The van der Waals surface area contributed by atoms with Crippen LogP contribution in [0.5, 0.6) is 5.75 Å². The molecule has 0 aliphatic heterocycles. The quantitative estimate of drug-likeness (QED) is 0.217. The van der Waals surface area contributed by atoms with E-state index >= 15 is 0 Å². The van der Waals surface area contributed by atoms with Crippen molar-refractivity contribution in [2.24, 2.45) is 0 Å². The van der Waals surface area contributed by atoms with Crippen LogP contribution in [0.4, 0.5) is 0 Å². The van der Waals surface area contributed by atoms with Crippen molar-refractivity contribution in [3.63, 3.8) is 0 Å². The zero-order chi connectivity index (χ0) is 20.0.